The molecule has 0 saturated carbocycles. The van der Waals surface area contributed by atoms with Gasteiger partial charge >= 0.3 is 5.97 Å². The lowest BCUT2D eigenvalue weighted by molar-refractivity contribution is 0.0701. The third kappa shape index (κ3) is 3.41. The molecule has 0 saturated heterocycles. The summed E-state index contributed by atoms with van der Waals surface area (Å²) >= 11 is 1.13. The van der Waals surface area contributed by atoms with Crippen molar-refractivity contribution >= 4 is 27.4 Å². The van der Waals surface area contributed by atoms with E-state index in [0.717, 1.165) is 24.2 Å². The summed E-state index contributed by atoms with van der Waals surface area (Å²) in [5.74, 6) is -1.36. The van der Waals surface area contributed by atoms with Crippen molar-refractivity contribution < 1.29 is 14.3 Å². The van der Waals surface area contributed by atoms with E-state index in [1.807, 2.05) is 0 Å². The fourth-order valence-electron chi connectivity index (χ4n) is 2.55. The van der Waals surface area contributed by atoms with Crippen LogP contribution in [-0.4, -0.2) is 16.6 Å². The van der Waals surface area contributed by atoms with E-state index in [2.05, 4.69) is 26.1 Å². The second-order valence-electron chi connectivity index (χ2n) is 5.82. The molecule has 0 unspecified atom stereocenters. The number of nitrogens with one attached hydrogen (secondary N) is 1. The number of carboxylic acid groups (broad SMARTS) is 1. The van der Waals surface area contributed by atoms with E-state index in [1.54, 1.807) is 12.1 Å². The van der Waals surface area contributed by atoms with Crippen LogP contribution < -0.4 is 5.32 Å². The minimum Gasteiger partial charge on any atom is -0.477 e. The van der Waals surface area contributed by atoms with Crippen molar-refractivity contribution in [2.75, 3.05) is 0 Å². The fourth-order valence-corrected chi connectivity index (χ4v) is 3.62. The van der Waals surface area contributed by atoms with Gasteiger partial charge in [-0.15, -0.1) is 11.3 Å². The highest BCUT2D eigenvalue weighted by Gasteiger charge is 2.22. The second kappa shape index (κ2) is 6.12. The maximum atomic E-state index is 14.1. The molecule has 1 aromatic carbocycles. The van der Waals surface area contributed by atoms with Gasteiger partial charge in [0.2, 0.25) is 0 Å². The van der Waals surface area contributed by atoms with E-state index >= 15 is 0 Å². The highest BCUT2D eigenvalue weighted by Crippen LogP contribution is 2.33. The van der Waals surface area contributed by atoms with Gasteiger partial charge in [0.05, 0.1) is 0 Å². The smallest absolute Gasteiger partial charge is 0.346 e. The number of thiophene rings is 1. The molecule has 2 aromatic rings. The Labute approximate surface area is 127 Å². The van der Waals surface area contributed by atoms with Crippen LogP contribution in [0.5, 0.6) is 0 Å². The first-order valence-electron chi connectivity index (χ1n) is 7.04. The van der Waals surface area contributed by atoms with Gasteiger partial charge in [-0.2, -0.15) is 0 Å². The number of carbonyl (C=O) groups is 1. The zero-order chi connectivity index (χ0) is 15.6. The van der Waals surface area contributed by atoms with Gasteiger partial charge in [0.15, 0.2) is 0 Å². The molecule has 1 aromatic heterocycles. The molecule has 0 spiro atoms. The molecule has 0 bridgehead atoms. The first kappa shape index (κ1) is 15.9. The summed E-state index contributed by atoms with van der Waals surface area (Å²) in [6.45, 7) is 6.60. The number of rotatable bonds is 6. The van der Waals surface area contributed by atoms with E-state index in [9.17, 15) is 14.3 Å². The van der Waals surface area contributed by atoms with E-state index in [4.69, 9.17) is 0 Å². The van der Waals surface area contributed by atoms with Gasteiger partial charge in [-0.05, 0) is 32.4 Å². The van der Waals surface area contributed by atoms with Crippen LogP contribution >= 0.6 is 11.3 Å². The van der Waals surface area contributed by atoms with Crippen LogP contribution in [0.2, 0.25) is 0 Å². The summed E-state index contributed by atoms with van der Waals surface area (Å²) in [5, 5.41) is 13.1. The summed E-state index contributed by atoms with van der Waals surface area (Å²) < 4.78 is 14.8. The van der Waals surface area contributed by atoms with Crippen LogP contribution in [0.3, 0.4) is 0 Å². The quantitative estimate of drug-likeness (QED) is 0.831. The maximum absolute atomic E-state index is 14.1. The molecule has 0 radical (unpaired) electrons. The molecule has 114 valence electrons. The average Bonchev–Trinajstić information content (AvgIpc) is 2.77. The van der Waals surface area contributed by atoms with E-state index in [1.165, 1.54) is 6.07 Å². The number of carboxylic acids is 1. The highest BCUT2D eigenvalue weighted by atomic mass is 32.1. The van der Waals surface area contributed by atoms with Crippen LogP contribution in [0, 0.1) is 5.82 Å². The van der Waals surface area contributed by atoms with E-state index in [0.29, 0.717) is 22.2 Å². The van der Waals surface area contributed by atoms with Crippen LogP contribution in [0.15, 0.2) is 18.2 Å². The number of benzene rings is 1. The van der Waals surface area contributed by atoms with Crippen molar-refractivity contribution in [2.45, 2.75) is 45.7 Å². The molecule has 0 aliphatic rings. The molecule has 3 nitrogen and oxygen atoms in total. The van der Waals surface area contributed by atoms with Gasteiger partial charge in [-0.25, -0.2) is 9.18 Å². The Balaban J connectivity index is 2.41. The number of halogens is 1. The molecule has 2 rings (SSSR count). The molecule has 5 heteroatoms. The van der Waals surface area contributed by atoms with Gasteiger partial charge in [-0.1, -0.05) is 19.4 Å². The molecule has 21 heavy (non-hydrogen) atoms. The zero-order valence-electron chi connectivity index (χ0n) is 12.5. The summed E-state index contributed by atoms with van der Waals surface area (Å²) in [7, 11) is 0. The Morgan fingerprint density at radius 3 is 2.76 bits per heavy atom. The van der Waals surface area contributed by atoms with Crippen molar-refractivity contribution in [3.63, 3.8) is 0 Å². The van der Waals surface area contributed by atoms with Gasteiger partial charge in [0.25, 0.3) is 0 Å². The maximum Gasteiger partial charge on any atom is 0.346 e. The SMILES string of the molecule is CCCC(C)(C)NCc1c(C(=O)O)sc2cccc(F)c12. The first-order chi connectivity index (χ1) is 9.85. The summed E-state index contributed by atoms with van der Waals surface area (Å²) in [6.07, 6.45) is 2.00. The monoisotopic (exact) mass is 309 g/mol. The largest absolute Gasteiger partial charge is 0.477 e. The van der Waals surface area contributed by atoms with E-state index in [-0.39, 0.29) is 16.2 Å². The molecule has 0 aliphatic carbocycles. The second-order valence-corrected chi connectivity index (χ2v) is 6.87. The number of fused-ring (bicyclic) bond motifs is 1. The van der Waals surface area contributed by atoms with E-state index < -0.39 is 5.97 Å². The molecule has 2 N–H and O–H groups in total. The number of hydrogen-bond donors (Lipinski definition) is 2. The Bertz CT molecular complexity index is 664. The first-order valence-corrected chi connectivity index (χ1v) is 7.85. The minimum absolute atomic E-state index is 0.107. The Morgan fingerprint density at radius 2 is 2.14 bits per heavy atom. The molecule has 0 atom stereocenters. The average molecular weight is 309 g/mol. The van der Waals surface area contributed by atoms with Gasteiger partial charge in [0.1, 0.15) is 10.7 Å². The lowest BCUT2D eigenvalue weighted by Gasteiger charge is -2.26. The molecule has 1 heterocycles. The van der Waals surface area contributed by atoms with Crippen molar-refractivity contribution in [1.82, 2.24) is 5.32 Å². The number of aromatic carboxylic acids is 1. The fraction of sp³-hybridized carbons (Fsp3) is 0.438. The minimum atomic E-state index is -0.999. The third-order valence-corrected chi connectivity index (χ3v) is 4.76. The Hall–Kier alpha value is -1.46. The van der Waals surface area contributed by atoms with Gasteiger partial charge < -0.3 is 10.4 Å². The normalized spacial score (nSPS) is 12.0. The van der Waals surface area contributed by atoms with Crippen molar-refractivity contribution in [3.8, 4) is 0 Å². The van der Waals surface area contributed by atoms with Gasteiger partial charge in [0, 0.05) is 27.7 Å². The summed E-state index contributed by atoms with van der Waals surface area (Å²) in [4.78, 5) is 11.6. The molecular weight excluding hydrogens is 289 g/mol. The zero-order valence-corrected chi connectivity index (χ0v) is 13.3. The Kier molecular flexibility index (Phi) is 4.64. The summed E-state index contributed by atoms with van der Waals surface area (Å²) in [6, 6.07) is 4.75. The molecular formula is C16H20FNO2S. The highest BCUT2D eigenvalue weighted by molar-refractivity contribution is 7.21. The third-order valence-electron chi connectivity index (χ3n) is 3.58. The molecule has 0 fully saturated rings. The lowest BCUT2D eigenvalue weighted by Crippen LogP contribution is -2.38. The standard InChI is InChI=1S/C16H20FNO2S/c1-4-8-16(2,3)18-9-10-13-11(17)6-5-7-12(13)21-14(10)15(19)20/h5-7,18H,4,8-9H2,1-3H3,(H,19,20). The van der Waals surface area contributed by atoms with Crippen molar-refractivity contribution in [1.29, 1.82) is 0 Å². The summed E-state index contributed by atoms with van der Waals surface area (Å²) in [5.41, 5.74) is 0.439. The van der Waals surface area contributed by atoms with Gasteiger partial charge in [-0.3, -0.25) is 0 Å². The van der Waals surface area contributed by atoms with Crippen LogP contribution in [0.4, 0.5) is 4.39 Å². The Morgan fingerprint density at radius 1 is 1.43 bits per heavy atom. The predicted molar refractivity (Wildman–Crippen MR) is 84.6 cm³/mol. The van der Waals surface area contributed by atoms with Crippen molar-refractivity contribution in [3.05, 3.63) is 34.5 Å². The predicted octanol–water partition coefficient (Wildman–Crippen LogP) is 4.41. The lowest BCUT2D eigenvalue weighted by atomic mass is 9.98. The van der Waals surface area contributed by atoms with Crippen molar-refractivity contribution in [2.24, 2.45) is 0 Å². The molecule has 0 aliphatic heterocycles. The number of hydrogen-bond acceptors (Lipinski definition) is 3. The van der Waals surface area contributed by atoms with Crippen LogP contribution in [-0.2, 0) is 6.54 Å². The topological polar surface area (TPSA) is 49.3 Å². The molecule has 0 amide bonds. The van der Waals surface area contributed by atoms with Crippen LogP contribution in [0.1, 0.15) is 48.8 Å². The van der Waals surface area contributed by atoms with Crippen LogP contribution in [0.25, 0.3) is 10.1 Å².